The van der Waals surface area contributed by atoms with E-state index in [1.54, 1.807) is 6.07 Å². The van der Waals surface area contributed by atoms with Crippen LogP contribution in [0.1, 0.15) is 10.5 Å². The average molecular weight is 291 g/mol. The smallest absolute Gasteiger partial charge is 0.354 e. The molecule has 108 valence electrons. The highest BCUT2D eigenvalue weighted by atomic mass is 16.5. The van der Waals surface area contributed by atoms with Crippen LogP contribution in [-0.2, 0) is 4.74 Å². The summed E-state index contributed by atoms with van der Waals surface area (Å²) in [4.78, 5) is 14.6. The Kier molecular flexibility index (Phi) is 2.76. The van der Waals surface area contributed by atoms with Gasteiger partial charge in [0.1, 0.15) is 17.0 Å². The molecule has 0 atom stereocenters. The van der Waals surface area contributed by atoms with Gasteiger partial charge in [0, 0.05) is 21.9 Å². The number of furan rings is 1. The summed E-state index contributed by atoms with van der Waals surface area (Å²) in [5.41, 5.74) is 3.17. The SMILES string of the molecule is COC(=O)c1cc2cc(-c3cc4ccccc4o3)ccc2[nH]1. The Morgan fingerprint density at radius 3 is 2.73 bits per heavy atom. The first kappa shape index (κ1) is 12.7. The fourth-order valence-corrected chi connectivity index (χ4v) is 2.63. The van der Waals surface area contributed by atoms with Gasteiger partial charge in [0.15, 0.2) is 0 Å². The number of H-pyrrole nitrogens is 1. The van der Waals surface area contributed by atoms with Gasteiger partial charge in [0.05, 0.1) is 7.11 Å². The molecule has 0 saturated carbocycles. The molecule has 4 rings (SSSR count). The largest absolute Gasteiger partial charge is 0.464 e. The number of fused-ring (bicyclic) bond motifs is 2. The van der Waals surface area contributed by atoms with Gasteiger partial charge in [0.2, 0.25) is 0 Å². The second kappa shape index (κ2) is 4.77. The van der Waals surface area contributed by atoms with E-state index >= 15 is 0 Å². The predicted molar refractivity (Wildman–Crippen MR) is 84.8 cm³/mol. The maximum absolute atomic E-state index is 11.6. The molecule has 0 saturated heterocycles. The van der Waals surface area contributed by atoms with Crippen molar-refractivity contribution >= 4 is 27.8 Å². The predicted octanol–water partition coefficient (Wildman–Crippen LogP) is 4.37. The van der Waals surface area contributed by atoms with Gasteiger partial charge in [-0.3, -0.25) is 0 Å². The first-order valence-corrected chi connectivity index (χ1v) is 6.94. The maximum atomic E-state index is 11.6. The number of para-hydroxylation sites is 1. The van der Waals surface area contributed by atoms with E-state index in [-0.39, 0.29) is 5.97 Å². The van der Waals surface area contributed by atoms with Crippen LogP contribution in [-0.4, -0.2) is 18.1 Å². The molecule has 2 heterocycles. The summed E-state index contributed by atoms with van der Waals surface area (Å²) in [5, 5.41) is 2.01. The molecule has 0 aliphatic carbocycles. The van der Waals surface area contributed by atoms with E-state index in [0.29, 0.717) is 5.69 Å². The van der Waals surface area contributed by atoms with Crippen molar-refractivity contribution in [2.24, 2.45) is 0 Å². The van der Waals surface area contributed by atoms with Gasteiger partial charge >= 0.3 is 5.97 Å². The Bertz CT molecular complexity index is 961. The van der Waals surface area contributed by atoms with Crippen LogP contribution in [0.2, 0.25) is 0 Å². The molecule has 0 bridgehead atoms. The van der Waals surface area contributed by atoms with Crippen molar-refractivity contribution in [3.63, 3.8) is 0 Å². The summed E-state index contributed by atoms with van der Waals surface area (Å²) >= 11 is 0. The number of methoxy groups -OCH3 is 1. The van der Waals surface area contributed by atoms with Crippen molar-refractivity contribution in [1.82, 2.24) is 4.98 Å². The quantitative estimate of drug-likeness (QED) is 0.558. The highest BCUT2D eigenvalue weighted by Crippen LogP contribution is 2.30. The Hall–Kier alpha value is -3.01. The van der Waals surface area contributed by atoms with Crippen LogP contribution in [0.15, 0.2) is 59.0 Å². The molecule has 0 aliphatic heterocycles. The fourth-order valence-electron chi connectivity index (χ4n) is 2.63. The molecule has 0 fully saturated rings. The number of rotatable bonds is 2. The number of hydrogen-bond acceptors (Lipinski definition) is 3. The van der Waals surface area contributed by atoms with Gasteiger partial charge in [-0.15, -0.1) is 0 Å². The van der Waals surface area contributed by atoms with Crippen molar-refractivity contribution in [2.75, 3.05) is 7.11 Å². The molecule has 4 heteroatoms. The molecule has 0 amide bonds. The molecular formula is C18H13NO3. The second-order valence-corrected chi connectivity index (χ2v) is 5.13. The van der Waals surface area contributed by atoms with Crippen LogP contribution in [0.25, 0.3) is 33.2 Å². The number of aromatic nitrogens is 1. The fraction of sp³-hybridized carbons (Fsp3) is 0.0556. The molecular weight excluding hydrogens is 278 g/mol. The number of esters is 1. The number of nitrogens with one attached hydrogen (secondary N) is 1. The Labute approximate surface area is 126 Å². The van der Waals surface area contributed by atoms with Gasteiger partial charge in [-0.05, 0) is 36.4 Å². The van der Waals surface area contributed by atoms with Gasteiger partial charge in [0.25, 0.3) is 0 Å². The minimum Gasteiger partial charge on any atom is -0.464 e. The summed E-state index contributed by atoms with van der Waals surface area (Å²) in [7, 11) is 1.37. The normalized spacial score (nSPS) is 11.1. The third-order valence-corrected chi connectivity index (χ3v) is 3.74. The average Bonchev–Trinajstić information content (AvgIpc) is 3.16. The van der Waals surface area contributed by atoms with Gasteiger partial charge in [-0.25, -0.2) is 4.79 Å². The summed E-state index contributed by atoms with van der Waals surface area (Å²) in [5.74, 6) is 0.436. The topological polar surface area (TPSA) is 55.2 Å². The Morgan fingerprint density at radius 1 is 1.05 bits per heavy atom. The maximum Gasteiger partial charge on any atom is 0.354 e. The lowest BCUT2D eigenvalue weighted by Crippen LogP contribution is -2.00. The molecule has 4 aromatic rings. The molecule has 1 N–H and O–H groups in total. The number of aromatic amines is 1. The lowest BCUT2D eigenvalue weighted by Gasteiger charge is -1.96. The first-order valence-electron chi connectivity index (χ1n) is 6.94. The van der Waals surface area contributed by atoms with Gasteiger partial charge in [-0.2, -0.15) is 0 Å². The van der Waals surface area contributed by atoms with E-state index in [1.807, 2.05) is 48.5 Å². The molecule has 0 aliphatic rings. The number of carbonyl (C=O) groups is 1. The monoisotopic (exact) mass is 291 g/mol. The number of ether oxygens (including phenoxy) is 1. The molecule has 2 aromatic heterocycles. The van der Waals surface area contributed by atoms with Crippen LogP contribution in [0.4, 0.5) is 0 Å². The third kappa shape index (κ3) is 1.97. The molecule has 4 nitrogen and oxygen atoms in total. The highest BCUT2D eigenvalue weighted by Gasteiger charge is 2.11. The van der Waals surface area contributed by atoms with Crippen molar-refractivity contribution in [2.45, 2.75) is 0 Å². The Morgan fingerprint density at radius 2 is 1.91 bits per heavy atom. The molecule has 0 radical (unpaired) electrons. The van der Waals surface area contributed by atoms with E-state index in [1.165, 1.54) is 7.11 Å². The van der Waals surface area contributed by atoms with Crippen LogP contribution >= 0.6 is 0 Å². The zero-order chi connectivity index (χ0) is 15.1. The zero-order valence-corrected chi connectivity index (χ0v) is 11.9. The van der Waals surface area contributed by atoms with Crippen LogP contribution in [0.5, 0.6) is 0 Å². The second-order valence-electron chi connectivity index (χ2n) is 5.13. The lowest BCUT2D eigenvalue weighted by atomic mass is 10.1. The molecule has 2 aromatic carbocycles. The van der Waals surface area contributed by atoms with E-state index in [2.05, 4.69) is 4.98 Å². The van der Waals surface area contributed by atoms with Crippen molar-refractivity contribution < 1.29 is 13.9 Å². The summed E-state index contributed by atoms with van der Waals surface area (Å²) in [6.45, 7) is 0. The minimum absolute atomic E-state index is 0.374. The first-order chi connectivity index (χ1) is 10.7. The number of carbonyl (C=O) groups excluding carboxylic acids is 1. The molecule has 0 spiro atoms. The van der Waals surface area contributed by atoms with Crippen LogP contribution in [0.3, 0.4) is 0 Å². The molecule has 0 unspecified atom stereocenters. The number of hydrogen-bond donors (Lipinski definition) is 1. The summed E-state index contributed by atoms with van der Waals surface area (Å²) in [6, 6.07) is 17.6. The standard InChI is InChI=1S/C18H13NO3/c1-21-18(20)15-9-13-8-12(6-7-14(13)19-15)17-10-11-4-2-3-5-16(11)22-17/h2-10,19H,1H3. The van der Waals surface area contributed by atoms with Crippen LogP contribution in [0, 0.1) is 0 Å². The van der Waals surface area contributed by atoms with E-state index in [4.69, 9.17) is 9.15 Å². The van der Waals surface area contributed by atoms with Crippen LogP contribution < -0.4 is 0 Å². The van der Waals surface area contributed by atoms with E-state index in [9.17, 15) is 4.79 Å². The molecule has 22 heavy (non-hydrogen) atoms. The highest BCUT2D eigenvalue weighted by molar-refractivity contribution is 5.96. The summed E-state index contributed by atoms with van der Waals surface area (Å²) in [6.07, 6.45) is 0. The number of benzene rings is 2. The van der Waals surface area contributed by atoms with Crippen molar-refractivity contribution in [1.29, 1.82) is 0 Å². The summed E-state index contributed by atoms with van der Waals surface area (Å²) < 4.78 is 10.6. The Balaban J connectivity index is 1.83. The van der Waals surface area contributed by atoms with E-state index in [0.717, 1.165) is 33.2 Å². The zero-order valence-electron chi connectivity index (χ0n) is 11.9. The van der Waals surface area contributed by atoms with E-state index < -0.39 is 0 Å². The lowest BCUT2D eigenvalue weighted by molar-refractivity contribution is 0.0595. The minimum atomic E-state index is -0.374. The van der Waals surface area contributed by atoms with Crippen molar-refractivity contribution in [3.05, 3.63) is 60.3 Å². The third-order valence-electron chi connectivity index (χ3n) is 3.74. The van der Waals surface area contributed by atoms with Gasteiger partial charge < -0.3 is 14.1 Å². The van der Waals surface area contributed by atoms with Crippen molar-refractivity contribution in [3.8, 4) is 11.3 Å². The van der Waals surface area contributed by atoms with Gasteiger partial charge in [-0.1, -0.05) is 18.2 Å².